The number of anilines is 1. The number of piperidine rings is 1. The lowest BCUT2D eigenvalue weighted by atomic mass is 9.91. The van der Waals surface area contributed by atoms with Crippen LogP contribution in [-0.4, -0.2) is 75.6 Å². The van der Waals surface area contributed by atoms with Gasteiger partial charge in [0.15, 0.2) is 0 Å². The summed E-state index contributed by atoms with van der Waals surface area (Å²) in [6.07, 6.45) is 2.24. The van der Waals surface area contributed by atoms with Gasteiger partial charge in [-0.3, -0.25) is 19.0 Å². The third-order valence-corrected chi connectivity index (χ3v) is 5.17. The zero-order valence-corrected chi connectivity index (χ0v) is 17.0. The molecule has 3 rings (SSSR count). The maximum absolute atomic E-state index is 12.8. The number of hydrogen-bond acceptors (Lipinski definition) is 6. The molecule has 1 aliphatic rings. The topological polar surface area (TPSA) is 108 Å². The first-order chi connectivity index (χ1) is 13.7. The number of fused-ring (bicyclic) bond motifs is 1. The lowest BCUT2D eigenvalue weighted by Gasteiger charge is -2.38. The molecule has 1 aromatic carbocycles. The summed E-state index contributed by atoms with van der Waals surface area (Å²) in [7, 11) is 3.61. The highest BCUT2D eigenvalue weighted by atomic mass is 16.3. The molecule has 0 radical (unpaired) electrons. The summed E-state index contributed by atoms with van der Waals surface area (Å²) in [4.78, 5) is 44.0. The molecule has 0 unspecified atom stereocenters. The molecule has 1 aromatic heterocycles. The van der Waals surface area contributed by atoms with E-state index in [0.29, 0.717) is 42.5 Å². The van der Waals surface area contributed by atoms with Crippen molar-refractivity contribution < 1.29 is 14.7 Å². The summed E-state index contributed by atoms with van der Waals surface area (Å²) < 4.78 is 1.41. The van der Waals surface area contributed by atoms with Crippen molar-refractivity contribution in [3.63, 3.8) is 0 Å². The fourth-order valence-electron chi connectivity index (χ4n) is 3.55. The zero-order chi connectivity index (χ0) is 21.2. The number of rotatable bonds is 5. The highest BCUT2D eigenvalue weighted by molar-refractivity contribution is 5.94. The Morgan fingerprint density at radius 2 is 1.97 bits per heavy atom. The molecule has 0 bridgehead atoms. The number of aliphatic hydroxyl groups is 1. The van der Waals surface area contributed by atoms with Crippen molar-refractivity contribution >= 4 is 28.4 Å². The fourth-order valence-corrected chi connectivity index (χ4v) is 3.55. The van der Waals surface area contributed by atoms with E-state index in [1.165, 1.54) is 17.8 Å². The van der Waals surface area contributed by atoms with E-state index in [2.05, 4.69) is 10.3 Å². The molecule has 2 N–H and O–H groups in total. The van der Waals surface area contributed by atoms with Gasteiger partial charge < -0.3 is 20.2 Å². The number of hydrogen-bond donors (Lipinski definition) is 2. The predicted octanol–water partition coefficient (Wildman–Crippen LogP) is 0.270. The first-order valence-corrected chi connectivity index (χ1v) is 9.58. The van der Waals surface area contributed by atoms with Crippen LogP contribution in [0.5, 0.6) is 0 Å². The minimum atomic E-state index is -1.05. The Hall–Kier alpha value is -2.78. The molecular weight excluding hydrogens is 374 g/mol. The minimum absolute atomic E-state index is 0.00920. The van der Waals surface area contributed by atoms with Gasteiger partial charge in [0, 0.05) is 25.7 Å². The Bertz CT molecular complexity index is 976. The number of benzene rings is 1. The molecule has 1 saturated heterocycles. The maximum Gasteiger partial charge on any atom is 0.261 e. The molecule has 0 aliphatic carbocycles. The van der Waals surface area contributed by atoms with Crippen LogP contribution in [0.2, 0.25) is 0 Å². The Balaban J connectivity index is 1.76. The van der Waals surface area contributed by atoms with Crippen LogP contribution in [0.3, 0.4) is 0 Å². The van der Waals surface area contributed by atoms with Gasteiger partial charge in [0.2, 0.25) is 11.8 Å². The highest BCUT2D eigenvalue weighted by Gasteiger charge is 2.33. The number of nitrogens with one attached hydrogen (secondary N) is 1. The van der Waals surface area contributed by atoms with Crippen LogP contribution in [0.25, 0.3) is 10.9 Å². The second-order valence-corrected chi connectivity index (χ2v) is 7.93. The van der Waals surface area contributed by atoms with Crippen molar-refractivity contribution in [2.75, 3.05) is 39.0 Å². The monoisotopic (exact) mass is 401 g/mol. The van der Waals surface area contributed by atoms with E-state index in [9.17, 15) is 19.5 Å². The normalized spacial score (nSPS) is 16.2. The summed E-state index contributed by atoms with van der Waals surface area (Å²) in [5, 5.41) is 14.1. The quantitative estimate of drug-likeness (QED) is 0.745. The summed E-state index contributed by atoms with van der Waals surface area (Å²) >= 11 is 0. The number of aromatic nitrogens is 2. The van der Waals surface area contributed by atoms with Crippen molar-refractivity contribution in [1.82, 2.24) is 19.4 Å². The Morgan fingerprint density at radius 1 is 1.28 bits per heavy atom. The highest BCUT2D eigenvalue weighted by Crippen LogP contribution is 2.24. The number of likely N-dealkylation sites (tertiary alicyclic amines) is 1. The fraction of sp³-hybridized carbons (Fsp3) is 0.500. The number of amides is 2. The maximum atomic E-state index is 12.8. The van der Waals surface area contributed by atoms with Crippen LogP contribution in [0.4, 0.5) is 5.69 Å². The van der Waals surface area contributed by atoms with Gasteiger partial charge in [0.05, 0.1) is 35.9 Å². The molecule has 2 heterocycles. The Morgan fingerprint density at radius 3 is 2.59 bits per heavy atom. The second-order valence-electron chi connectivity index (χ2n) is 7.93. The summed E-state index contributed by atoms with van der Waals surface area (Å²) in [5.74, 6) is -0.160. The number of nitrogens with zero attached hydrogens (tertiary/aromatic N) is 4. The lowest BCUT2D eigenvalue weighted by molar-refractivity contribution is -0.133. The summed E-state index contributed by atoms with van der Waals surface area (Å²) in [5.41, 5.74) is -0.245. The average Bonchev–Trinajstić information content (AvgIpc) is 2.63. The molecule has 156 valence electrons. The van der Waals surface area contributed by atoms with Crippen molar-refractivity contribution in [1.29, 1.82) is 0 Å². The van der Waals surface area contributed by atoms with Crippen molar-refractivity contribution in [3.8, 4) is 0 Å². The molecule has 2 aromatic rings. The SMILES string of the molecule is CC(=O)N1CCC(O)(Cn2cnc3cc(NC(=O)CN(C)C)ccc3c2=O)CC1. The van der Waals surface area contributed by atoms with Crippen molar-refractivity contribution in [2.45, 2.75) is 31.9 Å². The third kappa shape index (κ3) is 4.99. The van der Waals surface area contributed by atoms with Gasteiger partial charge in [-0.1, -0.05) is 0 Å². The van der Waals surface area contributed by atoms with E-state index in [0.717, 1.165) is 0 Å². The summed E-state index contributed by atoms with van der Waals surface area (Å²) in [6.45, 7) is 2.84. The Kier molecular flexibility index (Phi) is 5.99. The first-order valence-electron chi connectivity index (χ1n) is 9.58. The second kappa shape index (κ2) is 8.30. The number of carbonyl (C=O) groups is 2. The van der Waals surface area contributed by atoms with Gasteiger partial charge in [-0.2, -0.15) is 0 Å². The third-order valence-electron chi connectivity index (χ3n) is 5.17. The molecule has 9 nitrogen and oxygen atoms in total. The van der Waals surface area contributed by atoms with E-state index < -0.39 is 5.60 Å². The minimum Gasteiger partial charge on any atom is -0.388 e. The van der Waals surface area contributed by atoms with Crippen LogP contribution in [0, 0.1) is 0 Å². The van der Waals surface area contributed by atoms with E-state index in [1.807, 2.05) is 14.1 Å². The van der Waals surface area contributed by atoms with Crippen LogP contribution >= 0.6 is 0 Å². The van der Waals surface area contributed by atoms with Gasteiger partial charge in [0.25, 0.3) is 5.56 Å². The average molecular weight is 401 g/mol. The smallest absolute Gasteiger partial charge is 0.261 e. The zero-order valence-electron chi connectivity index (χ0n) is 17.0. The molecule has 1 aliphatic heterocycles. The van der Waals surface area contributed by atoms with E-state index in [4.69, 9.17) is 0 Å². The van der Waals surface area contributed by atoms with Gasteiger partial charge in [-0.15, -0.1) is 0 Å². The molecule has 9 heteroatoms. The molecular formula is C20H27N5O4. The van der Waals surface area contributed by atoms with Gasteiger partial charge in [0.1, 0.15) is 0 Å². The molecule has 0 saturated carbocycles. The molecule has 29 heavy (non-hydrogen) atoms. The van der Waals surface area contributed by atoms with Gasteiger partial charge in [-0.25, -0.2) is 4.98 Å². The largest absolute Gasteiger partial charge is 0.388 e. The van der Waals surface area contributed by atoms with Crippen LogP contribution in [0.1, 0.15) is 19.8 Å². The Labute approximate surface area is 168 Å². The number of likely N-dealkylation sites (N-methyl/N-ethyl adjacent to an activating group) is 1. The molecule has 0 spiro atoms. The van der Waals surface area contributed by atoms with Crippen LogP contribution in [-0.2, 0) is 16.1 Å². The predicted molar refractivity (Wildman–Crippen MR) is 110 cm³/mol. The number of carbonyl (C=O) groups excluding carboxylic acids is 2. The molecule has 1 fully saturated rings. The van der Waals surface area contributed by atoms with Crippen LogP contribution in [0.15, 0.2) is 29.3 Å². The van der Waals surface area contributed by atoms with Crippen LogP contribution < -0.4 is 10.9 Å². The van der Waals surface area contributed by atoms with E-state index in [-0.39, 0.29) is 30.5 Å². The first kappa shape index (κ1) is 20.9. The summed E-state index contributed by atoms with van der Waals surface area (Å²) in [6, 6.07) is 4.97. The lowest BCUT2D eigenvalue weighted by Crippen LogP contribution is -2.49. The molecule has 0 atom stereocenters. The van der Waals surface area contributed by atoms with Crippen molar-refractivity contribution in [3.05, 3.63) is 34.9 Å². The molecule has 2 amide bonds. The van der Waals surface area contributed by atoms with Gasteiger partial charge >= 0.3 is 0 Å². The van der Waals surface area contributed by atoms with Gasteiger partial charge in [-0.05, 0) is 45.1 Å². The standard InChI is InChI=1S/C20H27N5O4/c1-14(26)24-8-6-20(29,7-9-24)12-25-13-21-17-10-15(4-5-16(17)19(25)28)22-18(27)11-23(2)3/h4-5,10,13,29H,6-9,11-12H2,1-3H3,(H,22,27). The van der Waals surface area contributed by atoms with E-state index >= 15 is 0 Å². The van der Waals surface area contributed by atoms with Crippen molar-refractivity contribution in [2.24, 2.45) is 0 Å². The van der Waals surface area contributed by atoms with E-state index in [1.54, 1.807) is 28.0 Å².